The highest BCUT2D eigenvalue weighted by atomic mass is 16.5. The molecule has 0 amide bonds. The maximum Gasteiger partial charge on any atom is 0.367 e. The zero-order valence-electron chi connectivity index (χ0n) is 9.23. The standard InChI is InChI=1S/C11H13N3O2/c1-7(5-12)3-8-4-9-10(13-6-8)14(2)16-11(9)15/h4-6H,3,12H2,1-2H3/b7-5+. The van der Waals surface area contributed by atoms with E-state index in [4.69, 9.17) is 10.3 Å². The molecule has 16 heavy (non-hydrogen) atoms. The van der Waals surface area contributed by atoms with Crippen LogP contribution >= 0.6 is 0 Å². The molecular formula is C11H13N3O2. The molecule has 0 saturated carbocycles. The van der Waals surface area contributed by atoms with E-state index in [2.05, 4.69) is 4.98 Å². The number of hydrogen-bond donors (Lipinski definition) is 1. The summed E-state index contributed by atoms with van der Waals surface area (Å²) >= 11 is 0. The van der Waals surface area contributed by atoms with Gasteiger partial charge in [-0.2, -0.15) is 4.74 Å². The van der Waals surface area contributed by atoms with Gasteiger partial charge in [-0.25, -0.2) is 9.78 Å². The van der Waals surface area contributed by atoms with Gasteiger partial charge in [0.25, 0.3) is 0 Å². The predicted octanol–water partition coefficient (Wildman–Crippen LogP) is 0.931. The van der Waals surface area contributed by atoms with Crippen molar-refractivity contribution in [2.45, 2.75) is 13.3 Å². The van der Waals surface area contributed by atoms with Gasteiger partial charge in [0.05, 0.1) is 0 Å². The van der Waals surface area contributed by atoms with E-state index >= 15 is 0 Å². The van der Waals surface area contributed by atoms with Crippen molar-refractivity contribution in [2.24, 2.45) is 12.8 Å². The summed E-state index contributed by atoms with van der Waals surface area (Å²) in [5.74, 6) is 0. The number of pyridine rings is 1. The molecule has 2 aromatic rings. The van der Waals surface area contributed by atoms with Gasteiger partial charge in [-0.05, 0) is 31.2 Å². The zero-order chi connectivity index (χ0) is 11.7. The van der Waals surface area contributed by atoms with E-state index in [9.17, 15) is 4.79 Å². The molecule has 0 aromatic carbocycles. The minimum atomic E-state index is -0.360. The lowest BCUT2D eigenvalue weighted by Gasteiger charge is -2.00. The number of allylic oxidation sites excluding steroid dienone is 1. The summed E-state index contributed by atoms with van der Waals surface area (Å²) in [6.45, 7) is 1.93. The molecule has 0 fully saturated rings. The van der Waals surface area contributed by atoms with Gasteiger partial charge in [0.2, 0.25) is 0 Å². The summed E-state index contributed by atoms with van der Waals surface area (Å²) in [6.07, 6.45) is 3.97. The van der Waals surface area contributed by atoms with Crippen molar-refractivity contribution in [1.82, 2.24) is 9.72 Å². The fraction of sp³-hybridized carbons (Fsp3) is 0.273. The van der Waals surface area contributed by atoms with Crippen LogP contribution in [0.15, 0.2) is 33.4 Å². The van der Waals surface area contributed by atoms with Crippen molar-refractivity contribution in [3.8, 4) is 0 Å². The van der Waals surface area contributed by atoms with Gasteiger partial charge in [0, 0.05) is 13.2 Å². The topological polar surface area (TPSA) is 74.1 Å². The number of nitrogens with two attached hydrogens (primary N) is 1. The number of nitrogens with zero attached hydrogens (tertiary/aromatic N) is 2. The largest absolute Gasteiger partial charge is 0.405 e. The maximum atomic E-state index is 11.4. The maximum absolute atomic E-state index is 11.4. The van der Waals surface area contributed by atoms with E-state index in [0.29, 0.717) is 17.5 Å². The molecule has 0 saturated heterocycles. The molecule has 0 aliphatic heterocycles. The van der Waals surface area contributed by atoms with Crippen molar-refractivity contribution in [3.63, 3.8) is 0 Å². The van der Waals surface area contributed by atoms with Crippen molar-refractivity contribution < 1.29 is 4.52 Å². The second-order valence-electron chi connectivity index (χ2n) is 3.78. The minimum absolute atomic E-state index is 0.360. The average molecular weight is 219 g/mol. The van der Waals surface area contributed by atoms with Gasteiger partial charge in [0.1, 0.15) is 5.39 Å². The van der Waals surface area contributed by atoms with Crippen LogP contribution < -0.4 is 11.4 Å². The highest BCUT2D eigenvalue weighted by Gasteiger charge is 2.08. The Morgan fingerprint density at radius 3 is 3.12 bits per heavy atom. The molecule has 2 N–H and O–H groups in total. The molecule has 0 atom stereocenters. The van der Waals surface area contributed by atoms with Gasteiger partial charge in [-0.1, -0.05) is 5.57 Å². The summed E-state index contributed by atoms with van der Waals surface area (Å²) in [5, 5.41) is 0.504. The van der Waals surface area contributed by atoms with E-state index in [-0.39, 0.29) is 5.63 Å². The summed E-state index contributed by atoms with van der Waals surface area (Å²) in [6, 6.07) is 1.79. The molecule has 2 heterocycles. The smallest absolute Gasteiger partial charge is 0.367 e. The zero-order valence-corrected chi connectivity index (χ0v) is 9.23. The summed E-state index contributed by atoms with van der Waals surface area (Å²) in [5.41, 5.74) is 7.58. The summed E-state index contributed by atoms with van der Waals surface area (Å²) in [7, 11) is 1.65. The quantitative estimate of drug-likeness (QED) is 0.815. The predicted molar refractivity (Wildman–Crippen MR) is 60.9 cm³/mol. The average Bonchev–Trinajstić information content (AvgIpc) is 2.54. The molecule has 84 valence electrons. The highest BCUT2D eigenvalue weighted by molar-refractivity contribution is 5.73. The Labute approximate surface area is 92.1 Å². The molecule has 0 unspecified atom stereocenters. The third kappa shape index (κ3) is 1.71. The monoisotopic (exact) mass is 219 g/mol. The Hall–Kier alpha value is -2.04. The first kappa shape index (κ1) is 10.5. The SMILES string of the molecule is C/C(=C\N)Cc1cnc2c(c1)c(=O)on2C. The van der Waals surface area contributed by atoms with Crippen molar-refractivity contribution in [3.05, 3.63) is 40.0 Å². The van der Waals surface area contributed by atoms with Crippen molar-refractivity contribution in [1.29, 1.82) is 0 Å². The number of fused-ring (bicyclic) bond motifs is 1. The van der Waals surface area contributed by atoms with Gasteiger partial charge in [-0.3, -0.25) is 0 Å². The van der Waals surface area contributed by atoms with Gasteiger partial charge in [-0.15, -0.1) is 0 Å². The number of hydrogen-bond acceptors (Lipinski definition) is 4. The van der Waals surface area contributed by atoms with E-state index in [1.54, 1.807) is 25.5 Å². The van der Waals surface area contributed by atoms with Crippen LogP contribution in [0.25, 0.3) is 11.0 Å². The Bertz CT molecular complexity index is 607. The van der Waals surface area contributed by atoms with Crippen LogP contribution in [-0.4, -0.2) is 9.72 Å². The first-order valence-electron chi connectivity index (χ1n) is 4.94. The lowest BCUT2D eigenvalue weighted by molar-refractivity contribution is 0.294. The first-order valence-corrected chi connectivity index (χ1v) is 4.94. The Kier molecular flexibility index (Phi) is 2.52. The normalized spacial score (nSPS) is 12.2. The van der Waals surface area contributed by atoms with E-state index in [0.717, 1.165) is 11.1 Å². The fourth-order valence-corrected chi connectivity index (χ4v) is 1.60. The molecule has 2 aromatic heterocycles. The molecule has 0 aliphatic rings. The first-order chi connectivity index (χ1) is 7.61. The second kappa shape index (κ2) is 3.84. The Morgan fingerprint density at radius 2 is 2.44 bits per heavy atom. The van der Waals surface area contributed by atoms with Crippen LogP contribution in [-0.2, 0) is 13.5 Å². The third-order valence-corrected chi connectivity index (χ3v) is 2.43. The fourth-order valence-electron chi connectivity index (χ4n) is 1.60. The molecule has 5 heteroatoms. The van der Waals surface area contributed by atoms with Gasteiger partial charge >= 0.3 is 5.63 Å². The molecule has 0 aliphatic carbocycles. The minimum Gasteiger partial charge on any atom is -0.405 e. The number of rotatable bonds is 2. The van der Waals surface area contributed by atoms with E-state index < -0.39 is 0 Å². The summed E-state index contributed by atoms with van der Waals surface area (Å²) in [4.78, 5) is 15.6. The Balaban J connectivity index is 2.52. The molecule has 0 bridgehead atoms. The molecule has 0 spiro atoms. The van der Waals surface area contributed by atoms with Crippen LogP contribution in [0.3, 0.4) is 0 Å². The van der Waals surface area contributed by atoms with Crippen molar-refractivity contribution in [2.75, 3.05) is 0 Å². The molecular weight excluding hydrogens is 206 g/mol. The van der Waals surface area contributed by atoms with Crippen LogP contribution in [0, 0.1) is 0 Å². The molecule has 0 radical (unpaired) electrons. The van der Waals surface area contributed by atoms with Crippen molar-refractivity contribution >= 4 is 11.0 Å². The van der Waals surface area contributed by atoms with Crippen LogP contribution in [0.1, 0.15) is 12.5 Å². The van der Waals surface area contributed by atoms with Gasteiger partial charge in [0.15, 0.2) is 5.65 Å². The molecule has 5 nitrogen and oxygen atoms in total. The van der Waals surface area contributed by atoms with Crippen LogP contribution in [0.2, 0.25) is 0 Å². The highest BCUT2D eigenvalue weighted by Crippen LogP contribution is 2.12. The second-order valence-corrected chi connectivity index (χ2v) is 3.78. The van der Waals surface area contributed by atoms with E-state index in [1.807, 2.05) is 6.92 Å². The lowest BCUT2D eigenvalue weighted by Crippen LogP contribution is -1.95. The van der Waals surface area contributed by atoms with E-state index in [1.165, 1.54) is 4.74 Å². The summed E-state index contributed by atoms with van der Waals surface area (Å²) < 4.78 is 6.28. The van der Waals surface area contributed by atoms with Crippen LogP contribution in [0.4, 0.5) is 0 Å². The third-order valence-electron chi connectivity index (χ3n) is 2.43. The number of aromatic nitrogens is 2. The Morgan fingerprint density at radius 1 is 1.69 bits per heavy atom. The van der Waals surface area contributed by atoms with Gasteiger partial charge < -0.3 is 10.3 Å². The lowest BCUT2D eigenvalue weighted by atomic mass is 10.1. The van der Waals surface area contributed by atoms with Crippen LogP contribution in [0.5, 0.6) is 0 Å². The number of aryl methyl sites for hydroxylation is 1. The molecule has 2 rings (SSSR count).